The first-order chi connectivity index (χ1) is 10.1. The number of esters is 1. The number of carbonyl (C=O) groups is 2. The molecule has 0 aromatic heterocycles. The normalized spacial score (nSPS) is 26.7. The highest BCUT2D eigenvalue weighted by molar-refractivity contribution is 6.02. The van der Waals surface area contributed by atoms with E-state index in [1.807, 2.05) is 13.0 Å². The Morgan fingerprint density at radius 2 is 1.86 bits per heavy atom. The van der Waals surface area contributed by atoms with Gasteiger partial charge in [-0.1, -0.05) is 24.5 Å². The zero-order valence-corrected chi connectivity index (χ0v) is 12.5. The SMILES string of the molecule is COC(=O)c1cc(C)ccc1NC(=O)C1C2CCCCC21. The van der Waals surface area contributed by atoms with Crippen LogP contribution in [0.3, 0.4) is 0 Å². The summed E-state index contributed by atoms with van der Waals surface area (Å²) in [5, 5.41) is 2.93. The van der Waals surface area contributed by atoms with E-state index in [1.165, 1.54) is 32.8 Å². The summed E-state index contributed by atoms with van der Waals surface area (Å²) >= 11 is 0. The Hall–Kier alpha value is -1.84. The Kier molecular flexibility index (Phi) is 3.70. The van der Waals surface area contributed by atoms with Gasteiger partial charge >= 0.3 is 5.97 Å². The lowest BCUT2D eigenvalue weighted by Crippen LogP contribution is -2.18. The number of rotatable bonds is 3. The summed E-state index contributed by atoms with van der Waals surface area (Å²) in [5.41, 5.74) is 1.95. The minimum atomic E-state index is -0.415. The fourth-order valence-corrected chi connectivity index (χ4v) is 3.64. The van der Waals surface area contributed by atoms with Crippen molar-refractivity contribution in [1.29, 1.82) is 0 Å². The molecule has 0 spiro atoms. The third kappa shape index (κ3) is 2.67. The Bertz CT molecular complexity index is 569. The van der Waals surface area contributed by atoms with Gasteiger partial charge in [0.25, 0.3) is 0 Å². The molecule has 0 heterocycles. The summed E-state index contributed by atoms with van der Waals surface area (Å²) in [6.45, 7) is 1.91. The highest BCUT2D eigenvalue weighted by Gasteiger charge is 2.54. The van der Waals surface area contributed by atoms with E-state index in [2.05, 4.69) is 5.32 Å². The predicted molar refractivity (Wildman–Crippen MR) is 80.1 cm³/mol. The van der Waals surface area contributed by atoms with E-state index in [4.69, 9.17) is 4.74 Å². The lowest BCUT2D eigenvalue weighted by Gasteiger charge is -2.10. The first-order valence-corrected chi connectivity index (χ1v) is 7.61. The van der Waals surface area contributed by atoms with Gasteiger partial charge in [-0.2, -0.15) is 0 Å². The molecule has 1 aromatic carbocycles. The van der Waals surface area contributed by atoms with E-state index in [0.717, 1.165) is 5.56 Å². The molecule has 0 saturated heterocycles. The maximum Gasteiger partial charge on any atom is 0.339 e. The molecule has 0 aliphatic heterocycles. The quantitative estimate of drug-likeness (QED) is 0.869. The molecule has 21 heavy (non-hydrogen) atoms. The highest BCUT2D eigenvalue weighted by atomic mass is 16.5. The maximum absolute atomic E-state index is 12.4. The topological polar surface area (TPSA) is 55.4 Å². The van der Waals surface area contributed by atoms with Crippen LogP contribution in [-0.2, 0) is 9.53 Å². The van der Waals surface area contributed by atoms with Crippen molar-refractivity contribution < 1.29 is 14.3 Å². The molecule has 1 amide bonds. The van der Waals surface area contributed by atoms with Gasteiger partial charge in [0.05, 0.1) is 18.4 Å². The predicted octanol–water partition coefficient (Wildman–Crippen LogP) is 3.16. The molecule has 4 heteroatoms. The summed E-state index contributed by atoms with van der Waals surface area (Å²) < 4.78 is 4.79. The number of amides is 1. The van der Waals surface area contributed by atoms with Crippen molar-refractivity contribution in [2.24, 2.45) is 17.8 Å². The van der Waals surface area contributed by atoms with Crippen molar-refractivity contribution in [2.45, 2.75) is 32.6 Å². The number of hydrogen-bond acceptors (Lipinski definition) is 3. The number of methoxy groups -OCH3 is 1. The first-order valence-electron chi connectivity index (χ1n) is 7.61. The molecule has 4 nitrogen and oxygen atoms in total. The molecule has 0 bridgehead atoms. The molecule has 2 aliphatic rings. The van der Waals surface area contributed by atoms with Gasteiger partial charge in [-0.05, 0) is 43.7 Å². The Morgan fingerprint density at radius 1 is 1.19 bits per heavy atom. The van der Waals surface area contributed by atoms with Gasteiger partial charge in [-0.25, -0.2) is 4.79 Å². The fraction of sp³-hybridized carbons (Fsp3) is 0.529. The van der Waals surface area contributed by atoms with E-state index in [0.29, 0.717) is 23.1 Å². The van der Waals surface area contributed by atoms with E-state index in [1.54, 1.807) is 12.1 Å². The van der Waals surface area contributed by atoms with Crippen LogP contribution >= 0.6 is 0 Å². The Balaban J connectivity index is 1.75. The second-order valence-corrected chi connectivity index (χ2v) is 6.17. The average Bonchev–Trinajstić information content (AvgIpc) is 3.22. The molecular weight excluding hydrogens is 266 g/mol. The molecule has 2 aliphatic carbocycles. The van der Waals surface area contributed by atoms with Crippen molar-refractivity contribution in [3.05, 3.63) is 29.3 Å². The Labute approximate surface area is 124 Å². The summed E-state index contributed by atoms with van der Waals surface area (Å²) in [6, 6.07) is 5.43. The lowest BCUT2D eigenvalue weighted by molar-refractivity contribution is -0.117. The van der Waals surface area contributed by atoms with Crippen LogP contribution in [0, 0.1) is 24.7 Å². The molecule has 112 valence electrons. The average molecular weight is 287 g/mol. The maximum atomic E-state index is 12.4. The first kappa shape index (κ1) is 14.1. The van der Waals surface area contributed by atoms with Crippen LogP contribution in [0.15, 0.2) is 18.2 Å². The minimum absolute atomic E-state index is 0.0564. The monoisotopic (exact) mass is 287 g/mol. The summed E-state index contributed by atoms with van der Waals surface area (Å²) in [4.78, 5) is 24.3. The van der Waals surface area contributed by atoms with Gasteiger partial charge in [0.1, 0.15) is 0 Å². The lowest BCUT2D eigenvalue weighted by atomic mass is 10.0. The summed E-state index contributed by atoms with van der Waals surface area (Å²) in [5.74, 6) is 0.902. The number of fused-ring (bicyclic) bond motifs is 1. The van der Waals surface area contributed by atoms with Crippen LogP contribution in [0.2, 0.25) is 0 Å². The number of carbonyl (C=O) groups excluding carboxylic acids is 2. The number of anilines is 1. The zero-order valence-electron chi connectivity index (χ0n) is 12.5. The van der Waals surface area contributed by atoms with Crippen molar-refractivity contribution in [3.63, 3.8) is 0 Å². The Morgan fingerprint density at radius 3 is 2.48 bits per heavy atom. The van der Waals surface area contributed by atoms with Crippen LogP contribution < -0.4 is 5.32 Å². The van der Waals surface area contributed by atoms with Gasteiger partial charge in [0.15, 0.2) is 0 Å². The second-order valence-electron chi connectivity index (χ2n) is 6.17. The highest BCUT2D eigenvalue weighted by Crippen LogP contribution is 2.55. The molecule has 2 fully saturated rings. The third-order valence-corrected chi connectivity index (χ3v) is 4.80. The summed E-state index contributed by atoms with van der Waals surface area (Å²) in [7, 11) is 1.35. The van der Waals surface area contributed by atoms with Crippen LogP contribution in [0.5, 0.6) is 0 Å². The van der Waals surface area contributed by atoms with Gasteiger partial charge in [0.2, 0.25) is 5.91 Å². The number of hydrogen-bond donors (Lipinski definition) is 1. The molecule has 2 atom stereocenters. The van der Waals surface area contributed by atoms with Crippen LogP contribution in [0.1, 0.15) is 41.6 Å². The zero-order chi connectivity index (χ0) is 15.0. The van der Waals surface area contributed by atoms with Crippen molar-refractivity contribution >= 4 is 17.6 Å². The van der Waals surface area contributed by atoms with Gasteiger partial charge in [-0.3, -0.25) is 4.79 Å². The smallest absolute Gasteiger partial charge is 0.339 e. The number of ether oxygens (including phenoxy) is 1. The van der Waals surface area contributed by atoms with E-state index in [-0.39, 0.29) is 11.8 Å². The molecule has 2 unspecified atom stereocenters. The van der Waals surface area contributed by atoms with Gasteiger partial charge < -0.3 is 10.1 Å². The summed E-state index contributed by atoms with van der Waals surface area (Å²) in [6.07, 6.45) is 4.81. The van der Waals surface area contributed by atoms with Crippen molar-refractivity contribution in [3.8, 4) is 0 Å². The largest absolute Gasteiger partial charge is 0.465 e. The van der Waals surface area contributed by atoms with Crippen LogP contribution in [0.4, 0.5) is 5.69 Å². The van der Waals surface area contributed by atoms with Crippen LogP contribution in [0.25, 0.3) is 0 Å². The molecular formula is C17H21NO3. The van der Waals surface area contributed by atoms with Gasteiger partial charge in [-0.15, -0.1) is 0 Å². The fourth-order valence-electron chi connectivity index (χ4n) is 3.64. The minimum Gasteiger partial charge on any atom is -0.465 e. The second kappa shape index (κ2) is 5.51. The molecule has 0 radical (unpaired) electrons. The van der Waals surface area contributed by atoms with Crippen LogP contribution in [-0.4, -0.2) is 19.0 Å². The molecule has 2 saturated carbocycles. The molecule has 1 aromatic rings. The van der Waals surface area contributed by atoms with Crippen molar-refractivity contribution in [2.75, 3.05) is 12.4 Å². The van der Waals surface area contributed by atoms with Gasteiger partial charge in [0, 0.05) is 5.92 Å². The molecule has 3 rings (SSSR count). The molecule has 1 N–H and O–H groups in total. The van der Waals surface area contributed by atoms with E-state index >= 15 is 0 Å². The number of benzene rings is 1. The third-order valence-electron chi connectivity index (χ3n) is 4.80. The standard InChI is InChI=1S/C17H21NO3/c1-10-7-8-14(13(9-10)17(20)21-2)18-16(19)15-11-5-3-4-6-12(11)15/h7-9,11-12,15H,3-6H2,1-2H3,(H,18,19). The van der Waals surface area contributed by atoms with Crippen molar-refractivity contribution in [1.82, 2.24) is 0 Å². The number of aryl methyl sites for hydroxylation is 1. The van der Waals surface area contributed by atoms with E-state index < -0.39 is 5.97 Å². The van der Waals surface area contributed by atoms with E-state index in [9.17, 15) is 9.59 Å². The number of nitrogens with one attached hydrogen (secondary N) is 1.